The fraction of sp³-hybridized carbons (Fsp3) is 0.381. The molecular weight excluding hydrogens is 352 g/mol. The maximum Gasteiger partial charge on any atom is 0.155 e. The lowest BCUT2D eigenvalue weighted by Gasteiger charge is -2.35. The first-order valence-electron chi connectivity index (χ1n) is 9.72. The van der Waals surface area contributed by atoms with Gasteiger partial charge in [-0.05, 0) is 6.92 Å². The standard InChI is InChI=1S/C21H26N6O/c1-17(28)14-27-16-18(13-24-27)15-25-9-11-26(12-10-25)21-20(22-7-8-23-21)19-5-3-2-4-6-19/h2-8,13,16-17,28H,9-12,14-15H2,1H3. The van der Waals surface area contributed by atoms with E-state index in [-0.39, 0.29) is 6.10 Å². The van der Waals surface area contributed by atoms with E-state index in [0.717, 1.165) is 49.8 Å². The Hall–Kier alpha value is -2.77. The molecule has 0 radical (unpaired) electrons. The second kappa shape index (κ2) is 8.50. The van der Waals surface area contributed by atoms with Crippen molar-refractivity contribution in [2.45, 2.75) is 26.1 Å². The van der Waals surface area contributed by atoms with Crippen LogP contribution in [0, 0.1) is 0 Å². The van der Waals surface area contributed by atoms with Gasteiger partial charge in [-0.2, -0.15) is 5.10 Å². The van der Waals surface area contributed by atoms with Crippen LogP contribution < -0.4 is 4.90 Å². The average Bonchev–Trinajstić information content (AvgIpc) is 3.15. The van der Waals surface area contributed by atoms with Crippen molar-refractivity contribution >= 4 is 5.82 Å². The van der Waals surface area contributed by atoms with Crippen molar-refractivity contribution in [3.63, 3.8) is 0 Å². The summed E-state index contributed by atoms with van der Waals surface area (Å²) in [6.07, 6.45) is 7.06. The number of hydrogen-bond acceptors (Lipinski definition) is 6. The molecule has 0 aliphatic carbocycles. The zero-order valence-corrected chi connectivity index (χ0v) is 16.1. The largest absolute Gasteiger partial charge is 0.391 e. The van der Waals surface area contributed by atoms with Crippen molar-refractivity contribution in [2.75, 3.05) is 31.1 Å². The van der Waals surface area contributed by atoms with Crippen LogP contribution in [0.4, 0.5) is 5.82 Å². The summed E-state index contributed by atoms with van der Waals surface area (Å²) in [6.45, 7) is 6.94. The number of rotatable bonds is 6. The molecule has 7 nitrogen and oxygen atoms in total. The number of aliphatic hydroxyl groups is 1. The summed E-state index contributed by atoms with van der Waals surface area (Å²) in [5, 5.41) is 13.8. The van der Waals surface area contributed by atoms with Crippen LogP contribution >= 0.6 is 0 Å². The number of piperazine rings is 1. The predicted molar refractivity (Wildman–Crippen MR) is 109 cm³/mol. The first-order valence-corrected chi connectivity index (χ1v) is 9.72. The number of nitrogens with zero attached hydrogens (tertiary/aromatic N) is 6. The number of anilines is 1. The highest BCUT2D eigenvalue weighted by Gasteiger charge is 2.21. The van der Waals surface area contributed by atoms with Crippen molar-refractivity contribution in [3.8, 4) is 11.3 Å². The quantitative estimate of drug-likeness (QED) is 0.708. The third-order valence-electron chi connectivity index (χ3n) is 4.94. The Bertz CT molecular complexity index is 887. The van der Waals surface area contributed by atoms with Gasteiger partial charge in [0.05, 0.1) is 18.8 Å². The molecule has 1 aliphatic rings. The predicted octanol–water partition coefficient (Wildman–Crippen LogP) is 2.04. The first-order chi connectivity index (χ1) is 13.7. The summed E-state index contributed by atoms with van der Waals surface area (Å²) >= 11 is 0. The molecule has 28 heavy (non-hydrogen) atoms. The summed E-state index contributed by atoms with van der Waals surface area (Å²) in [5.41, 5.74) is 3.22. The Morgan fingerprint density at radius 2 is 1.79 bits per heavy atom. The van der Waals surface area contributed by atoms with E-state index in [1.807, 2.05) is 35.3 Å². The van der Waals surface area contributed by atoms with Crippen LogP contribution in [0.1, 0.15) is 12.5 Å². The fourth-order valence-electron chi connectivity index (χ4n) is 3.60. The van der Waals surface area contributed by atoms with Gasteiger partial charge in [-0.3, -0.25) is 14.6 Å². The maximum atomic E-state index is 9.49. The van der Waals surface area contributed by atoms with Gasteiger partial charge in [-0.25, -0.2) is 4.98 Å². The molecule has 0 spiro atoms. The number of hydrogen-bond donors (Lipinski definition) is 1. The highest BCUT2D eigenvalue weighted by atomic mass is 16.3. The second-order valence-electron chi connectivity index (χ2n) is 7.28. The molecule has 7 heteroatoms. The molecule has 1 aliphatic heterocycles. The van der Waals surface area contributed by atoms with E-state index in [0.29, 0.717) is 6.54 Å². The monoisotopic (exact) mass is 378 g/mol. The van der Waals surface area contributed by atoms with E-state index in [1.165, 1.54) is 5.56 Å². The zero-order chi connectivity index (χ0) is 19.3. The van der Waals surface area contributed by atoms with Gasteiger partial charge in [-0.15, -0.1) is 0 Å². The smallest absolute Gasteiger partial charge is 0.155 e. The Morgan fingerprint density at radius 3 is 2.54 bits per heavy atom. The fourth-order valence-corrected chi connectivity index (χ4v) is 3.60. The molecule has 0 amide bonds. The van der Waals surface area contributed by atoms with Crippen LogP contribution in [-0.2, 0) is 13.1 Å². The third kappa shape index (κ3) is 4.37. The van der Waals surface area contributed by atoms with Crippen LogP contribution in [0.3, 0.4) is 0 Å². The van der Waals surface area contributed by atoms with Gasteiger partial charge in [-0.1, -0.05) is 30.3 Å². The van der Waals surface area contributed by atoms with Crippen LogP contribution in [0.15, 0.2) is 55.1 Å². The zero-order valence-electron chi connectivity index (χ0n) is 16.1. The third-order valence-corrected chi connectivity index (χ3v) is 4.94. The molecule has 3 aromatic rings. The van der Waals surface area contributed by atoms with E-state index < -0.39 is 0 Å². The van der Waals surface area contributed by atoms with E-state index in [9.17, 15) is 5.11 Å². The van der Waals surface area contributed by atoms with E-state index in [2.05, 4.69) is 37.0 Å². The number of aliphatic hydroxyl groups excluding tert-OH is 1. The minimum atomic E-state index is -0.387. The Morgan fingerprint density at radius 1 is 1.04 bits per heavy atom. The van der Waals surface area contributed by atoms with E-state index in [1.54, 1.807) is 19.3 Å². The lowest BCUT2D eigenvalue weighted by Crippen LogP contribution is -2.46. The molecule has 3 heterocycles. The first kappa shape index (κ1) is 18.6. The number of aromatic nitrogens is 4. The topological polar surface area (TPSA) is 70.3 Å². The Labute approximate surface area is 165 Å². The molecule has 1 N–H and O–H groups in total. The second-order valence-corrected chi connectivity index (χ2v) is 7.28. The van der Waals surface area contributed by atoms with Crippen LogP contribution in [0.5, 0.6) is 0 Å². The van der Waals surface area contributed by atoms with Crippen LogP contribution in [-0.4, -0.2) is 62.0 Å². The van der Waals surface area contributed by atoms with Crippen molar-refractivity contribution in [2.24, 2.45) is 0 Å². The maximum absolute atomic E-state index is 9.49. The SMILES string of the molecule is CC(O)Cn1cc(CN2CCN(c3nccnc3-c3ccccc3)CC2)cn1. The summed E-state index contributed by atoms with van der Waals surface area (Å²) < 4.78 is 1.81. The average molecular weight is 378 g/mol. The van der Waals surface area contributed by atoms with Gasteiger partial charge >= 0.3 is 0 Å². The highest BCUT2D eigenvalue weighted by Crippen LogP contribution is 2.27. The van der Waals surface area contributed by atoms with Crippen molar-refractivity contribution in [3.05, 3.63) is 60.7 Å². The molecule has 1 saturated heterocycles. The molecule has 1 aromatic carbocycles. The highest BCUT2D eigenvalue weighted by molar-refractivity contribution is 5.71. The lowest BCUT2D eigenvalue weighted by atomic mass is 10.1. The van der Waals surface area contributed by atoms with E-state index in [4.69, 9.17) is 0 Å². The Balaban J connectivity index is 1.39. The van der Waals surface area contributed by atoms with Gasteiger partial charge in [0.15, 0.2) is 5.82 Å². The molecular formula is C21H26N6O. The molecule has 1 unspecified atom stereocenters. The van der Waals surface area contributed by atoms with Crippen molar-refractivity contribution in [1.29, 1.82) is 0 Å². The Kier molecular flexibility index (Phi) is 5.64. The van der Waals surface area contributed by atoms with Gasteiger partial charge in [0.1, 0.15) is 5.69 Å². The summed E-state index contributed by atoms with van der Waals surface area (Å²) in [4.78, 5) is 14.0. The van der Waals surface area contributed by atoms with Gasteiger partial charge in [0.2, 0.25) is 0 Å². The normalized spacial score (nSPS) is 16.3. The molecule has 2 aromatic heterocycles. The van der Waals surface area contributed by atoms with Gasteiger partial charge in [0.25, 0.3) is 0 Å². The summed E-state index contributed by atoms with van der Waals surface area (Å²) in [5.74, 6) is 0.957. The minimum absolute atomic E-state index is 0.387. The molecule has 1 fully saturated rings. The summed E-state index contributed by atoms with van der Waals surface area (Å²) in [7, 11) is 0. The molecule has 1 atom stereocenters. The molecule has 0 saturated carbocycles. The number of benzene rings is 1. The van der Waals surface area contributed by atoms with E-state index >= 15 is 0 Å². The molecule has 146 valence electrons. The van der Waals surface area contributed by atoms with Gasteiger partial charge < -0.3 is 10.0 Å². The van der Waals surface area contributed by atoms with Gasteiger partial charge in [0, 0.05) is 62.4 Å². The van der Waals surface area contributed by atoms with Crippen LogP contribution in [0.25, 0.3) is 11.3 Å². The summed E-state index contributed by atoms with van der Waals surface area (Å²) in [6, 6.07) is 10.2. The van der Waals surface area contributed by atoms with Crippen molar-refractivity contribution in [1.82, 2.24) is 24.6 Å². The lowest BCUT2D eigenvalue weighted by molar-refractivity contribution is 0.168. The minimum Gasteiger partial charge on any atom is -0.391 e. The van der Waals surface area contributed by atoms with Crippen molar-refractivity contribution < 1.29 is 5.11 Å². The van der Waals surface area contributed by atoms with Crippen LogP contribution in [0.2, 0.25) is 0 Å². The molecule has 0 bridgehead atoms. The molecule has 4 rings (SSSR count).